The van der Waals surface area contributed by atoms with Crippen LogP contribution in [0.1, 0.15) is 19.4 Å². The number of benzene rings is 1. The van der Waals surface area contributed by atoms with E-state index in [1.54, 1.807) is 13.0 Å². The summed E-state index contributed by atoms with van der Waals surface area (Å²) in [7, 11) is 0. The monoisotopic (exact) mass is 310 g/mol. The van der Waals surface area contributed by atoms with E-state index in [1.807, 2.05) is 0 Å². The SMILES string of the molecule is CC(NC(=O)CNC(=O)Cc1cccc(F)c1)C(C)C(=O)O. The minimum atomic E-state index is -1.01. The lowest BCUT2D eigenvalue weighted by Crippen LogP contribution is -2.45. The minimum absolute atomic E-state index is 0.0356. The molecule has 7 heteroatoms. The average Bonchev–Trinajstić information content (AvgIpc) is 2.44. The Morgan fingerprint density at radius 2 is 1.91 bits per heavy atom. The molecule has 2 unspecified atom stereocenters. The molecule has 0 heterocycles. The Labute approximate surface area is 127 Å². The lowest BCUT2D eigenvalue weighted by Gasteiger charge is -2.17. The molecule has 1 aromatic carbocycles. The third kappa shape index (κ3) is 5.90. The normalized spacial score (nSPS) is 13.0. The van der Waals surface area contributed by atoms with Crippen molar-refractivity contribution in [2.75, 3.05) is 6.54 Å². The second kappa shape index (κ2) is 8.11. The molecule has 0 spiro atoms. The Morgan fingerprint density at radius 3 is 2.50 bits per heavy atom. The first-order valence-electron chi connectivity index (χ1n) is 6.83. The van der Waals surface area contributed by atoms with E-state index in [4.69, 9.17) is 5.11 Å². The minimum Gasteiger partial charge on any atom is -0.481 e. The van der Waals surface area contributed by atoms with Crippen LogP contribution in [0.15, 0.2) is 24.3 Å². The van der Waals surface area contributed by atoms with Gasteiger partial charge < -0.3 is 15.7 Å². The number of nitrogens with one attached hydrogen (secondary N) is 2. The zero-order chi connectivity index (χ0) is 16.7. The highest BCUT2D eigenvalue weighted by Gasteiger charge is 2.20. The Kier molecular flexibility index (Phi) is 6.49. The molecule has 120 valence electrons. The molecular formula is C15H19FN2O4. The van der Waals surface area contributed by atoms with Gasteiger partial charge in [0.1, 0.15) is 5.82 Å². The van der Waals surface area contributed by atoms with Crippen LogP contribution in [0.4, 0.5) is 4.39 Å². The average molecular weight is 310 g/mol. The molecule has 1 rings (SSSR count). The number of hydrogen-bond acceptors (Lipinski definition) is 3. The van der Waals surface area contributed by atoms with Gasteiger partial charge in [0.2, 0.25) is 11.8 Å². The van der Waals surface area contributed by atoms with Crippen molar-refractivity contribution in [2.24, 2.45) is 5.92 Å². The summed E-state index contributed by atoms with van der Waals surface area (Å²) < 4.78 is 13.0. The number of aliphatic carboxylic acids is 1. The smallest absolute Gasteiger partial charge is 0.308 e. The predicted molar refractivity (Wildman–Crippen MR) is 77.5 cm³/mol. The molecule has 22 heavy (non-hydrogen) atoms. The summed E-state index contributed by atoms with van der Waals surface area (Å²) in [6, 6.07) is 5.08. The Bertz CT molecular complexity index is 562. The van der Waals surface area contributed by atoms with Gasteiger partial charge in [0, 0.05) is 6.04 Å². The van der Waals surface area contributed by atoms with Crippen LogP contribution in [-0.4, -0.2) is 35.5 Å². The fourth-order valence-corrected chi connectivity index (χ4v) is 1.72. The van der Waals surface area contributed by atoms with Gasteiger partial charge in [-0.05, 0) is 31.5 Å². The number of hydrogen-bond donors (Lipinski definition) is 3. The summed E-state index contributed by atoms with van der Waals surface area (Å²) in [4.78, 5) is 34.0. The second-order valence-corrected chi connectivity index (χ2v) is 5.07. The van der Waals surface area contributed by atoms with E-state index in [0.717, 1.165) is 0 Å². The van der Waals surface area contributed by atoms with E-state index in [-0.39, 0.29) is 13.0 Å². The Balaban J connectivity index is 2.37. The van der Waals surface area contributed by atoms with Gasteiger partial charge in [-0.2, -0.15) is 0 Å². The maximum absolute atomic E-state index is 13.0. The topological polar surface area (TPSA) is 95.5 Å². The van der Waals surface area contributed by atoms with Crippen molar-refractivity contribution in [2.45, 2.75) is 26.3 Å². The number of carbonyl (C=O) groups excluding carboxylic acids is 2. The summed E-state index contributed by atoms with van der Waals surface area (Å²) in [5.74, 6) is -3.07. The van der Waals surface area contributed by atoms with Crippen molar-refractivity contribution in [3.05, 3.63) is 35.6 Å². The largest absolute Gasteiger partial charge is 0.481 e. The van der Waals surface area contributed by atoms with Gasteiger partial charge in [0.25, 0.3) is 0 Å². The van der Waals surface area contributed by atoms with Gasteiger partial charge in [-0.3, -0.25) is 14.4 Å². The van der Waals surface area contributed by atoms with Crippen LogP contribution in [0.25, 0.3) is 0 Å². The number of amides is 2. The van der Waals surface area contributed by atoms with Crippen LogP contribution in [0, 0.1) is 11.7 Å². The van der Waals surface area contributed by atoms with Crippen molar-refractivity contribution in [3.63, 3.8) is 0 Å². The van der Waals surface area contributed by atoms with Gasteiger partial charge in [0.05, 0.1) is 18.9 Å². The maximum Gasteiger partial charge on any atom is 0.308 e. The molecule has 0 aromatic heterocycles. The standard InChI is InChI=1S/C15H19FN2O4/c1-9(15(21)22)10(2)18-14(20)8-17-13(19)7-11-4-3-5-12(16)6-11/h3-6,9-10H,7-8H2,1-2H3,(H,17,19)(H,18,20)(H,21,22). The molecule has 0 aliphatic heterocycles. The lowest BCUT2D eigenvalue weighted by molar-refractivity contribution is -0.142. The number of carbonyl (C=O) groups is 3. The quantitative estimate of drug-likeness (QED) is 0.691. The van der Waals surface area contributed by atoms with Crippen molar-refractivity contribution in [1.29, 1.82) is 0 Å². The first-order chi connectivity index (χ1) is 10.3. The molecule has 2 atom stereocenters. The zero-order valence-corrected chi connectivity index (χ0v) is 12.4. The molecule has 0 saturated carbocycles. The van der Waals surface area contributed by atoms with Gasteiger partial charge in [-0.1, -0.05) is 12.1 Å². The van der Waals surface area contributed by atoms with Crippen molar-refractivity contribution >= 4 is 17.8 Å². The molecule has 0 aliphatic rings. The van der Waals surface area contributed by atoms with Gasteiger partial charge in [-0.15, -0.1) is 0 Å². The van der Waals surface area contributed by atoms with Crippen LogP contribution in [0.3, 0.4) is 0 Å². The van der Waals surface area contributed by atoms with E-state index >= 15 is 0 Å². The lowest BCUT2D eigenvalue weighted by atomic mass is 10.0. The van der Waals surface area contributed by atoms with Crippen LogP contribution < -0.4 is 10.6 Å². The number of carboxylic acid groups (broad SMARTS) is 1. The molecule has 6 nitrogen and oxygen atoms in total. The molecule has 0 radical (unpaired) electrons. The Hall–Kier alpha value is -2.44. The zero-order valence-electron chi connectivity index (χ0n) is 12.4. The number of halogens is 1. The predicted octanol–water partition coefficient (Wildman–Crippen LogP) is 0.710. The third-order valence-electron chi connectivity index (χ3n) is 3.23. The summed E-state index contributed by atoms with van der Waals surface area (Å²) in [5.41, 5.74) is 0.505. The van der Waals surface area contributed by atoms with Gasteiger partial charge in [-0.25, -0.2) is 4.39 Å². The van der Waals surface area contributed by atoms with E-state index < -0.39 is 35.6 Å². The molecular weight excluding hydrogens is 291 g/mol. The van der Waals surface area contributed by atoms with E-state index in [2.05, 4.69) is 10.6 Å². The first-order valence-corrected chi connectivity index (χ1v) is 6.83. The molecule has 0 aliphatic carbocycles. The van der Waals surface area contributed by atoms with E-state index in [9.17, 15) is 18.8 Å². The molecule has 1 aromatic rings. The van der Waals surface area contributed by atoms with Gasteiger partial charge >= 0.3 is 5.97 Å². The number of carboxylic acids is 1. The van der Waals surface area contributed by atoms with Crippen molar-refractivity contribution in [1.82, 2.24) is 10.6 Å². The maximum atomic E-state index is 13.0. The fraction of sp³-hybridized carbons (Fsp3) is 0.400. The first kappa shape index (κ1) is 17.6. The number of rotatable bonds is 7. The summed E-state index contributed by atoms with van der Waals surface area (Å²) in [6.45, 7) is 2.80. The Morgan fingerprint density at radius 1 is 1.23 bits per heavy atom. The van der Waals surface area contributed by atoms with Crippen LogP contribution in [-0.2, 0) is 20.8 Å². The fourth-order valence-electron chi connectivity index (χ4n) is 1.72. The summed E-state index contributed by atoms with van der Waals surface area (Å²) in [6.07, 6.45) is -0.0356. The highest BCUT2D eigenvalue weighted by molar-refractivity contribution is 5.86. The highest BCUT2D eigenvalue weighted by Crippen LogP contribution is 2.04. The molecule has 0 fully saturated rings. The highest BCUT2D eigenvalue weighted by atomic mass is 19.1. The van der Waals surface area contributed by atoms with Crippen molar-refractivity contribution < 1.29 is 23.9 Å². The molecule has 2 amide bonds. The van der Waals surface area contributed by atoms with E-state index in [0.29, 0.717) is 5.56 Å². The molecule has 3 N–H and O–H groups in total. The molecule has 0 bridgehead atoms. The van der Waals surface area contributed by atoms with Gasteiger partial charge in [0.15, 0.2) is 0 Å². The van der Waals surface area contributed by atoms with E-state index in [1.165, 1.54) is 25.1 Å². The van der Waals surface area contributed by atoms with Crippen molar-refractivity contribution in [3.8, 4) is 0 Å². The van der Waals surface area contributed by atoms with Crippen LogP contribution in [0.5, 0.6) is 0 Å². The summed E-state index contributed by atoms with van der Waals surface area (Å²) >= 11 is 0. The van der Waals surface area contributed by atoms with Crippen LogP contribution in [0.2, 0.25) is 0 Å². The van der Waals surface area contributed by atoms with Crippen LogP contribution >= 0.6 is 0 Å². The molecule has 0 saturated heterocycles. The third-order valence-corrected chi connectivity index (χ3v) is 3.23. The second-order valence-electron chi connectivity index (χ2n) is 5.07. The summed E-state index contributed by atoms with van der Waals surface area (Å²) in [5, 5.41) is 13.7.